The number of ether oxygens (including phenoxy) is 2. The van der Waals surface area contributed by atoms with Crippen LogP contribution in [0.3, 0.4) is 0 Å². The Morgan fingerprint density at radius 1 is 1.06 bits per heavy atom. The van der Waals surface area contributed by atoms with Crippen molar-refractivity contribution in [2.24, 2.45) is 29.1 Å². The van der Waals surface area contributed by atoms with E-state index in [9.17, 15) is 23.5 Å². The first-order valence-electron chi connectivity index (χ1n) is 11.1. The van der Waals surface area contributed by atoms with Crippen LogP contribution in [-0.2, 0) is 23.4 Å². The minimum atomic E-state index is -3.99. The van der Waals surface area contributed by atoms with Gasteiger partial charge in [0.05, 0.1) is 12.5 Å². The Balaban J connectivity index is 1.40. The van der Waals surface area contributed by atoms with Crippen molar-refractivity contribution in [2.75, 3.05) is 13.2 Å². The highest BCUT2D eigenvalue weighted by molar-refractivity contribution is 7.96. The lowest BCUT2D eigenvalue weighted by Crippen LogP contribution is -2.59. The standard InChI is InChI=1S/C21H30F2O7S/c22-21(23,31-30-27)18(26)28-12-19-6-14-5-15(7-19)9-20(8-14,11-19)29-17(25)16-3-1-13(10-24)2-4-16/h13-16,24,27H,1-12H2. The van der Waals surface area contributed by atoms with Crippen molar-refractivity contribution in [3.05, 3.63) is 0 Å². The molecule has 0 aromatic heterocycles. The number of hydrogen-bond acceptors (Lipinski definition) is 8. The predicted molar refractivity (Wildman–Crippen MR) is 106 cm³/mol. The first kappa shape index (κ1) is 23.2. The number of hydrogen-bond donors (Lipinski definition) is 2. The second-order valence-corrected chi connectivity index (χ2v) is 11.0. The third-order valence-corrected chi connectivity index (χ3v) is 8.22. The Morgan fingerprint density at radius 2 is 1.71 bits per heavy atom. The molecule has 5 saturated carbocycles. The van der Waals surface area contributed by atoms with E-state index in [1.807, 2.05) is 0 Å². The van der Waals surface area contributed by atoms with E-state index in [-0.39, 0.29) is 31.0 Å². The molecule has 7 nitrogen and oxygen atoms in total. The third-order valence-electron chi connectivity index (χ3n) is 7.77. The summed E-state index contributed by atoms with van der Waals surface area (Å²) in [7, 11) is 0. The molecule has 31 heavy (non-hydrogen) atoms. The Kier molecular flexibility index (Phi) is 6.55. The van der Waals surface area contributed by atoms with Gasteiger partial charge in [0.2, 0.25) is 0 Å². The fourth-order valence-corrected chi connectivity index (χ4v) is 7.13. The molecule has 176 valence electrons. The van der Waals surface area contributed by atoms with Gasteiger partial charge in [-0.3, -0.25) is 4.79 Å². The van der Waals surface area contributed by atoms with Gasteiger partial charge in [-0.1, -0.05) is 0 Å². The van der Waals surface area contributed by atoms with E-state index in [0.717, 1.165) is 57.8 Å². The van der Waals surface area contributed by atoms with E-state index in [1.54, 1.807) is 0 Å². The predicted octanol–water partition coefficient (Wildman–Crippen LogP) is 3.94. The zero-order valence-electron chi connectivity index (χ0n) is 17.4. The van der Waals surface area contributed by atoms with Crippen LogP contribution in [0.15, 0.2) is 0 Å². The second-order valence-electron chi connectivity index (χ2n) is 10.2. The fraction of sp³-hybridized carbons (Fsp3) is 0.905. The average molecular weight is 465 g/mol. The molecule has 2 unspecified atom stereocenters. The first-order chi connectivity index (χ1) is 14.7. The van der Waals surface area contributed by atoms with Crippen LogP contribution in [0.5, 0.6) is 0 Å². The number of carbonyl (C=O) groups excluding carboxylic acids is 2. The monoisotopic (exact) mass is 464 g/mol. The molecule has 0 aromatic carbocycles. The van der Waals surface area contributed by atoms with Crippen LogP contribution in [0.2, 0.25) is 0 Å². The summed E-state index contributed by atoms with van der Waals surface area (Å²) in [5.41, 5.74) is -1.07. The van der Waals surface area contributed by atoms with E-state index in [2.05, 4.69) is 4.33 Å². The summed E-state index contributed by atoms with van der Waals surface area (Å²) in [6, 6.07) is 0. The molecule has 5 aliphatic carbocycles. The highest BCUT2D eigenvalue weighted by atomic mass is 32.2. The maximum Gasteiger partial charge on any atom is 0.415 e. The van der Waals surface area contributed by atoms with E-state index in [4.69, 9.17) is 14.7 Å². The van der Waals surface area contributed by atoms with E-state index in [0.29, 0.717) is 18.3 Å². The van der Waals surface area contributed by atoms with Crippen molar-refractivity contribution in [3.8, 4) is 0 Å². The van der Waals surface area contributed by atoms with Gasteiger partial charge in [0, 0.05) is 12.0 Å². The molecule has 5 aliphatic rings. The van der Waals surface area contributed by atoms with Gasteiger partial charge in [-0.05, 0) is 82.0 Å². The Hall–Kier alpha value is -0.970. The summed E-state index contributed by atoms with van der Waals surface area (Å²) in [6.07, 6.45) is 7.72. The maximum atomic E-state index is 13.6. The molecule has 2 atom stereocenters. The number of aliphatic hydroxyl groups excluding tert-OH is 1. The van der Waals surface area contributed by atoms with Crippen LogP contribution in [0.4, 0.5) is 8.78 Å². The zero-order valence-corrected chi connectivity index (χ0v) is 18.2. The molecule has 5 rings (SSSR count). The van der Waals surface area contributed by atoms with Crippen molar-refractivity contribution in [2.45, 2.75) is 75.1 Å². The SMILES string of the molecule is O=C(OC12CC3CC(CC(COC(=O)C(F)(F)SOO)(C3)C1)C2)C1CCC(CO)CC1. The van der Waals surface area contributed by atoms with Gasteiger partial charge in [0.25, 0.3) is 0 Å². The molecule has 4 bridgehead atoms. The quantitative estimate of drug-likeness (QED) is 0.241. The largest absolute Gasteiger partial charge is 0.460 e. The minimum absolute atomic E-state index is 0.151. The van der Waals surface area contributed by atoms with E-state index >= 15 is 0 Å². The van der Waals surface area contributed by atoms with Crippen LogP contribution in [0.1, 0.15) is 64.2 Å². The first-order valence-corrected chi connectivity index (χ1v) is 11.8. The lowest BCUT2D eigenvalue weighted by Gasteiger charge is -2.61. The molecule has 0 spiro atoms. The fourth-order valence-electron chi connectivity index (χ4n) is 6.91. The van der Waals surface area contributed by atoms with Crippen LogP contribution < -0.4 is 0 Å². The Morgan fingerprint density at radius 3 is 2.29 bits per heavy atom. The highest BCUT2D eigenvalue weighted by Gasteiger charge is 2.60. The molecular formula is C21H30F2O7S. The third kappa shape index (κ3) is 4.86. The highest BCUT2D eigenvalue weighted by Crippen LogP contribution is 2.63. The van der Waals surface area contributed by atoms with Crippen molar-refractivity contribution >= 4 is 24.0 Å². The zero-order chi connectivity index (χ0) is 22.3. The molecular weight excluding hydrogens is 434 g/mol. The molecule has 0 aromatic rings. The topological polar surface area (TPSA) is 102 Å². The summed E-state index contributed by atoms with van der Waals surface area (Å²) < 4.78 is 41.7. The van der Waals surface area contributed by atoms with Crippen LogP contribution in [0, 0.1) is 29.1 Å². The molecule has 0 aliphatic heterocycles. The number of alkyl halides is 2. The van der Waals surface area contributed by atoms with Gasteiger partial charge in [0.15, 0.2) is 0 Å². The number of aliphatic hydroxyl groups is 1. The summed E-state index contributed by atoms with van der Waals surface area (Å²) in [5.74, 6) is -1.17. The van der Waals surface area contributed by atoms with Gasteiger partial charge in [-0.15, -0.1) is 0 Å². The summed E-state index contributed by atoms with van der Waals surface area (Å²) in [5, 5.41) is 13.5. The van der Waals surface area contributed by atoms with Gasteiger partial charge in [0.1, 0.15) is 17.6 Å². The second kappa shape index (κ2) is 8.76. The molecule has 5 fully saturated rings. The van der Waals surface area contributed by atoms with Gasteiger partial charge < -0.3 is 14.6 Å². The van der Waals surface area contributed by atoms with Gasteiger partial charge in [-0.25, -0.2) is 10.1 Å². The summed E-state index contributed by atoms with van der Waals surface area (Å²) in [6.45, 7) is -0.000389. The molecule has 10 heteroatoms. The Bertz CT molecular complexity index is 681. The molecule has 0 amide bonds. The Labute approximate surface area is 184 Å². The van der Waals surface area contributed by atoms with E-state index in [1.165, 1.54) is 0 Å². The molecule has 0 radical (unpaired) electrons. The maximum absolute atomic E-state index is 13.6. The van der Waals surface area contributed by atoms with E-state index < -0.39 is 34.3 Å². The van der Waals surface area contributed by atoms with Gasteiger partial charge in [-0.2, -0.15) is 13.1 Å². The molecule has 2 N–H and O–H groups in total. The van der Waals surface area contributed by atoms with Crippen LogP contribution >= 0.6 is 12.0 Å². The number of rotatable bonds is 8. The number of carbonyl (C=O) groups is 2. The average Bonchev–Trinajstić information content (AvgIpc) is 2.70. The summed E-state index contributed by atoms with van der Waals surface area (Å²) >= 11 is -0.654. The van der Waals surface area contributed by atoms with Gasteiger partial charge >= 0.3 is 17.2 Å². The van der Waals surface area contributed by atoms with Crippen molar-refractivity contribution < 1.29 is 42.5 Å². The van der Waals surface area contributed by atoms with Crippen molar-refractivity contribution in [3.63, 3.8) is 0 Å². The molecule has 0 heterocycles. The molecule has 0 saturated heterocycles. The smallest absolute Gasteiger partial charge is 0.415 e. The normalized spacial score (nSPS) is 39.4. The van der Waals surface area contributed by atoms with Crippen molar-refractivity contribution in [1.29, 1.82) is 0 Å². The van der Waals surface area contributed by atoms with Crippen LogP contribution in [0.25, 0.3) is 0 Å². The summed E-state index contributed by atoms with van der Waals surface area (Å²) in [4.78, 5) is 24.7. The van der Waals surface area contributed by atoms with Crippen molar-refractivity contribution in [1.82, 2.24) is 0 Å². The number of halogens is 2. The minimum Gasteiger partial charge on any atom is -0.460 e. The lowest BCUT2D eigenvalue weighted by atomic mass is 9.48. The van der Waals surface area contributed by atoms with Crippen LogP contribution in [-0.4, -0.2) is 46.4 Å². The number of esters is 2. The lowest BCUT2D eigenvalue weighted by molar-refractivity contribution is -0.216.